The lowest BCUT2D eigenvalue weighted by Gasteiger charge is -2.34. The number of amides is 1. The van der Waals surface area contributed by atoms with Gasteiger partial charge in [0.1, 0.15) is 12.4 Å². The van der Waals surface area contributed by atoms with Crippen molar-refractivity contribution in [3.63, 3.8) is 0 Å². The van der Waals surface area contributed by atoms with Crippen LogP contribution in [0.25, 0.3) is 0 Å². The van der Waals surface area contributed by atoms with E-state index in [1.165, 1.54) is 5.56 Å². The van der Waals surface area contributed by atoms with E-state index in [1.54, 1.807) is 0 Å². The molecule has 0 radical (unpaired) electrons. The van der Waals surface area contributed by atoms with Gasteiger partial charge in [0.15, 0.2) is 0 Å². The summed E-state index contributed by atoms with van der Waals surface area (Å²) < 4.78 is 5.81. The summed E-state index contributed by atoms with van der Waals surface area (Å²) in [5, 5.41) is 0. The fraction of sp³-hybridized carbons (Fsp3) is 0.632. The Morgan fingerprint density at radius 1 is 1.26 bits per heavy atom. The van der Waals surface area contributed by atoms with E-state index in [4.69, 9.17) is 4.74 Å². The number of ether oxygens (including phenoxy) is 1. The van der Waals surface area contributed by atoms with Crippen molar-refractivity contribution in [3.05, 3.63) is 29.8 Å². The highest BCUT2D eigenvalue weighted by Crippen LogP contribution is 2.19. The smallest absolute Gasteiger partial charge is 0.226 e. The van der Waals surface area contributed by atoms with Gasteiger partial charge in [-0.25, -0.2) is 0 Å². The van der Waals surface area contributed by atoms with Gasteiger partial charge in [-0.2, -0.15) is 0 Å². The van der Waals surface area contributed by atoms with Crippen LogP contribution in [0.2, 0.25) is 0 Å². The summed E-state index contributed by atoms with van der Waals surface area (Å²) in [7, 11) is 0. The summed E-state index contributed by atoms with van der Waals surface area (Å²) in [6.07, 6.45) is 2.12. The Labute approximate surface area is 140 Å². The van der Waals surface area contributed by atoms with E-state index in [0.29, 0.717) is 12.5 Å². The van der Waals surface area contributed by atoms with Gasteiger partial charge < -0.3 is 9.64 Å². The van der Waals surface area contributed by atoms with Crippen LogP contribution < -0.4 is 4.74 Å². The molecule has 1 atom stereocenters. The Bertz CT molecular complexity index is 483. The summed E-state index contributed by atoms with van der Waals surface area (Å²) in [6.45, 7) is 11.3. The average molecular weight is 318 g/mol. The van der Waals surface area contributed by atoms with E-state index in [-0.39, 0.29) is 5.92 Å². The molecule has 23 heavy (non-hydrogen) atoms. The number of benzene rings is 1. The van der Waals surface area contributed by atoms with Crippen LogP contribution in [0.3, 0.4) is 0 Å². The molecule has 1 aliphatic heterocycles. The van der Waals surface area contributed by atoms with E-state index < -0.39 is 0 Å². The zero-order valence-corrected chi connectivity index (χ0v) is 14.8. The number of aryl methyl sites for hydroxylation is 1. The Kier molecular flexibility index (Phi) is 6.90. The SMILES string of the molecule is CCN(CC)C(=O)C1CCCN(CCOc2ccc(C)cc2)C1. The predicted molar refractivity (Wildman–Crippen MR) is 93.8 cm³/mol. The standard InChI is InChI=1S/C19H30N2O2/c1-4-21(5-2)19(22)17-7-6-12-20(15-17)13-14-23-18-10-8-16(3)9-11-18/h8-11,17H,4-7,12-15H2,1-3H3. The maximum Gasteiger partial charge on any atom is 0.226 e. The summed E-state index contributed by atoms with van der Waals surface area (Å²) >= 11 is 0. The van der Waals surface area contributed by atoms with Crippen LogP contribution in [0.1, 0.15) is 32.3 Å². The molecule has 128 valence electrons. The molecule has 4 heteroatoms. The van der Waals surface area contributed by atoms with Crippen molar-refractivity contribution in [2.45, 2.75) is 33.6 Å². The maximum atomic E-state index is 12.5. The zero-order valence-electron chi connectivity index (χ0n) is 14.8. The third-order valence-electron chi connectivity index (χ3n) is 4.63. The summed E-state index contributed by atoms with van der Waals surface area (Å²) in [4.78, 5) is 16.8. The first kappa shape index (κ1) is 17.8. The number of nitrogens with zero attached hydrogens (tertiary/aromatic N) is 2. The van der Waals surface area contributed by atoms with Crippen molar-refractivity contribution >= 4 is 5.91 Å². The van der Waals surface area contributed by atoms with Crippen LogP contribution in [0, 0.1) is 12.8 Å². The zero-order chi connectivity index (χ0) is 16.7. The van der Waals surface area contributed by atoms with Crippen molar-refractivity contribution in [1.29, 1.82) is 0 Å². The second kappa shape index (κ2) is 8.92. The minimum absolute atomic E-state index is 0.156. The number of carbonyl (C=O) groups is 1. The van der Waals surface area contributed by atoms with Crippen molar-refractivity contribution in [2.24, 2.45) is 5.92 Å². The molecule has 1 unspecified atom stereocenters. The molecule has 0 spiro atoms. The molecular weight excluding hydrogens is 288 g/mol. The fourth-order valence-corrected chi connectivity index (χ4v) is 3.18. The van der Waals surface area contributed by atoms with E-state index >= 15 is 0 Å². The van der Waals surface area contributed by atoms with Gasteiger partial charge in [0.05, 0.1) is 5.92 Å². The molecule has 1 heterocycles. The third-order valence-corrected chi connectivity index (χ3v) is 4.63. The topological polar surface area (TPSA) is 32.8 Å². The largest absolute Gasteiger partial charge is 0.492 e. The van der Waals surface area contributed by atoms with Crippen molar-refractivity contribution in [1.82, 2.24) is 9.80 Å². The van der Waals surface area contributed by atoms with Crippen LogP contribution in [-0.4, -0.2) is 55.0 Å². The third kappa shape index (κ3) is 5.24. The first-order chi connectivity index (χ1) is 11.1. The van der Waals surface area contributed by atoms with Gasteiger partial charge >= 0.3 is 0 Å². The maximum absolute atomic E-state index is 12.5. The molecule has 1 amide bonds. The van der Waals surface area contributed by atoms with E-state index in [0.717, 1.165) is 51.3 Å². The van der Waals surface area contributed by atoms with Gasteiger partial charge in [-0.05, 0) is 52.3 Å². The number of piperidine rings is 1. The molecule has 1 aromatic rings. The van der Waals surface area contributed by atoms with Crippen LogP contribution >= 0.6 is 0 Å². The molecule has 1 saturated heterocycles. The minimum atomic E-state index is 0.156. The normalized spacial score (nSPS) is 18.7. The molecule has 0 saturated carbocycles. The first-order valence-corrected chi connectivity index (χ1v) is 8.84. The Morgan fingerprint density at radius 3 is 2.61 bits per heavy atom. The average Bonchev–Trinajstić information content (AvgIpc) is 2.58. The van der Waals surface area contributed by atoms with E-state index in [1.807, 2.05) is 17.0 Å². The number of likely N-dealkylation sites (tertiary alicyclic amines) is 1. The first-order valence-electron chi connectivity index (χ1n) is 8.84. The van der Waals surface area contributed by atoms with E-state index in [2.05, 4.69) is 37.8 Å². The molecule has 4 nitrogen and oxygen atoms in total. The van der Waals surface area contributed by atoms with Crippen molar-refractivity contribution in [2.75, 3.05) is 39.3 Å². The van der Waals surface area contributed by atoms with Crippen LogP contribution in [0.4, 0.5) is 0 Å². The van der Waals surface area contributed by atoms with Crippen LogP contribution in [0.5, 0.6) is 5.75 Å². The Hall–Kier alpha value is -1.55. The molecule has 0 N–H and O–H groups in total. The van der Waals surface area contributed by atoms with Crippen molar-refractivity contribution in [3.8, 4) is 5.75 Å². The predicted octanol–water partition coefficient (Wildman–Crippen LogP) is 2.95. The molecule has 1 aromatic carbocycles. The van der Waals surface area contributed by atoms with Gasteiger partial charge in [-0.3, -0.25) is 9.69 Å². The Morgan fingerprint density at radius 2 is 1.96 bits per heavy atom. The number of hydrogen-bond donors (Lipinski definition) is 0. The van der Waals surface area contributed by atoms with E-state index in [9.17, 15) is 4.79 Å². The van der Waals surface area contributed by atoms with Gasteiger partial charge in [0.2, 0.25) is 5.91 Å². The molecule has 0 aliphatic carbocycles. The van der Waals surface area contributed by atoms with Crippen LogP contribution in [-0.2, 0) is 4.79 Å². The lowest BCUT2D eigenvalue weighted by molar-refractivity contribution is -0.137. The lowest BCUT2D eigenvalue weighted by Crippen LogP contribution is -2.45. The summed E-state index contributed by atoms with van der Waals surface area (Å²) in [5.74, 6) is 1.39. The highest BCUT2D eigenvalue weighted by atomic mass is 16.5. The quantitative estimate of drug-likeness (QED) is 0.775. The number of hydrogen-bond acceptors (Lipinski definition) is 3. The molecule has 1 fully saturated rings. The molecule has 0 aromatic heterocycles. The van der Waals surface area contributed by atoms with Crippen molar-refractivity contribution < 1.29 is 9.53 Å². The van der Waals surface area contributed by atoms with Gasteiger partial charge in [0, 0.05) is 26.2 Å². The molecule has 0 bridgehead atoms. The van der Waals surface area contributed by atoms with Gasteiger partial charge in [-0.15, -0.1) is 0 Å². The highest BCUT2D eigenvalue weighted by molar-refractivity contribution is 5.79. The Balaban J connectivity index is 1.77. The number of rotatable bonds is 7. The van der Waals surface area contributed by atoms with Gasteiger partial charge in [-0.1, -0.05) is 17.7 Å². The summed E-state index contributed by atoms with van der Waals surface area (Å²) in [6, 6.07) is 8.15. The van der Waals surface area contributed by atoms with Crippen LogP contribution in [0.15, 0.2) is 24.3 Å². The summed E-state index contributed by atoms with van der Waals surface area (Å²) in [5.41, 5.74) is 1.24. The lowest BCUT2D eigenvalue weighted by atomic mass is 9.96. The highest BCUT2D eigenvalue weighted by Gasteiger charge is 2.28. The second-order valence-electron chi connectivity index (χ2n) is 6.31. The minimum Gasteiger partial charge on any atom is -0.492 e. The fourth-order valence-electron chi connectivity index (χ4n) is 3.18. The molecule has 2 rings (SSSR count). The molecular formula is C19H30N2O2. The molecule has 1 aliphatic rings. The number of carbonyl (C=O) groups excluding carboxylic acids is 1. The monoisotopic (exact) mass is 318 g/mol. The van der Waals surface area contributed by atoms with Gasteiger partial charge in [0.25, 0.3) is 0 Å². The second-order valence-corrected chi connectivity index (χ2v) is 6.31.